The van der Waals surface area contributed by atoms with Crippen molar-refractivity contribution in [2.75, 3.05) is 23.9 Å². The third-order valence-corrected chi connectivity index (χ3v) is 7.91. The maximum absolute atomic E-state index is 14.0. The van der Waals surface area contributed by atoms with Gasteiger partial charge in [0.1, 0.15) is 17.0 Å². The third-order valence-electron chi connectivity index (χ3n) is 7.59. The van der Waals surface area contributed by atoms with E-state index in [1.165, 1.54) is 19.2 Å². The van der Waals surface area contributed by atoms with E-state index in [-0.39, 0.29) is 29.1 Å². The van der Waals surface area contributed by atoms with Crippen molar-refractivity contribution in [1.82, 2.24) is 4.90 Å². The van der Waals surface area contributed by atoms with Gasteiger partial charge in [0.05, 0.1) is 34.6 Å². The summed E-state index contributed by atoms with van der Waals surface area (Å²) in [5, 5.41) is 14.6. The Hall–Kier alpha value is -3.50. The van der Waals surface area contributed by atoms with Gasteiger partial charge in [-0.05, 0) is 31.5 Å². The number of benzene rings is 2. The van der Waals surface area contributed by atoms with E-state index in [9.17, 15) is 24.5 Å². The lowest BCUT2D eigenvalue weighted by atomic mass is 9.75. The zero-order chi connectivity index (χ0) is 23.9. The zero-order valence-electron chi connectivity index (χ0n) is 18.0. The minimum absolute atomic E-state index is 0.00511. The molecule has 0 saturated carbocycles. The number of para-hydroxylation sites is 1. The molecule has 6 rings (SSSR count). The molecule has 4 atom stereocenters. The van der Waals surface area contributed by atoms with Gasteiger partial charge in [0, 0.05) is 23.7 Å². The molecule has 174 valence electrons. The number of hydrogen-bond acceptors (Lipinski definition) is 7. The van der Waals surface area contributed by atoms with Crippen molar-refractivity contribution in [2.24, 2.45) is 11.8 Å². The van der Waals surface area contributed by atoms with Crippen molar-refractivity contribution in [3.05, 3.63) is 57.1 Å². The molecule has 0 unspecified atom stereocenters. The molecule has 4 heterocycles. The number of nitro benzene ring substituents is 1. The van der Waals surface area contributed by atoms with Crippen LogP contribution in [0.3, 0.4) is 0 Å². The summed E-state index contributed by atoms with van der Waals surface area (Å²) in [6.45, 7) is 0.567. The largest absolute Gasteiger partial charge is 0.495 e. The zero-order valence-corrected chi connectivity index (χ0v) is 18.7. The van der Waals surface area contributed by atoms with E-state index in [4.69, 9.17) is 16.3 Å². The fourth-order valence-electron chi connectivity index (χ4n) is 6.40. The molecule has 34 heavy (non-hydrogen) atoms. The lowest BCUT2D eigenvalue weighted by Gasteiger charge is -2.36. The van der Waals surface area contributed by atoms with Crippen LogP contribution in [0.1, 0.15) is 18.4 Å². The second-order valence-corrected chi connectivity index (χ2v) is 9.32. The fraction of sp³-hybridized carbons (Fsp3) is 0.348. The Balaban J connectivity index is 1.56. The van der Waals surface area contributed by atoms with Crippen LogP contribution in [0.2, 0.25) is 5.02 Å². The first-order valence-electron chi connectivity index (χ1n) is 10.9. The van der Waals surface area contributed by atoms with Gasteiger partial charge in [-0.1, -0.05) is 23.7 Å². The van der Waals surface area contributed by atoms with Crippen LogP contribution in [0.5, 0.6) is 5.75 Å². The van der Waals surface area contributed by atoms with Crippen molar-refractivity contribution in [3.8, 4) is 5.75 Å². The summed E-state index contributed by atoms with van der Waals surface area (Å²) in [4.78, 5) is 55.2. The van der Waals surface area contributed by atoms with E-state index in [1.807, 2.05) is 4.90 Å². The second-order valence-electron chi connectivity index (χ2n) is 8.91. The van der Waals surface area contributed by atoms with E-state index < -0.39 is 34.1 Å². The molecule has 0 bridgehead atoms. The molecule has 0 radical (unpaired) electrons. The Morgan fingerprint density at radius 3 is 2.74 bits per heavy atom. The van der Waals surface area contributed by atoms with Gasteiger partial charge < -0.3 is 10.1 Å². The predicted molar refractivity (Wildman–Crippen MR) is 121 cm³/mol. The van der Waals surface area contributed by atoms with Crippen LogP contribution in [0.15, 0.2) is 36.4 Å². The van der Waals surface area contributed by atoms with Crippen LogP contribution in [0.25, 0.3) is 0 Å². The highest BCUT2D eigenvalue weighted by molar-refractivity contribution is 6.35. The highest BCUT2D eigenvalue weighted by Gasteiger charge is 2.75. The molecule has 4 aliphatic rings. The summed E-state index contributed by atoms with van der Waals surface area (Å²) in [6, 6.07) is 8.61. The quantitative estimate of drug-likeness (QED) is 0.405. The number of carbonyl (C=O) groups is 3. The number of anilines is 2. The molecule has 3 amide bonds. The Bertz CT molecular complexity index is 1310. The van der Waals surface area contributed by atoms with Crippen molar-refractivity contribution in [3.63, 3.8) is 0 Å². The number of halogens is 1. The minimum atomic E-state index is -1.37. The number of nitro groups is 1. The molecule has 3 saturated heterocycles. The lowest BCUT2D eigenvalue weighted by molar-refractivity contribution is -0.384. The number of amides is 3. The van der Waals surface area contributed by atoms with E-state index in [0.717, 1.165) is 17.4 Å². The van der Waals surface area contributed by atoms with E-state index in [0.29, 0.717) is 29.2 Å². The van der Waals surface area contributed by atoms with E-state index >= 15 is 0 Å². The smallest absolute Gasteiger partial charge is 0.271 e. The second kappa shape index (κ2) is 7.00. The number of carbonyl (C=O) groups excluding carboxylic acids is 3. The van der Waals surface area contributed by atoms with Crippen LogP contribution < -0.4 is 15.0 Å². The average molecular weight is 483 g/mol. The van der Waals surface area contributed by atoms with Crippen molar-refractivity contribution in [2.45, 2.75) is 24.4 Å². The van der Waals surface area contributed by atoms with Crippen molar-refractivity contribution in [1.29, 1.82) is 0 Å². The Kier molecular flexibility index (Phi) is 4.34. The number of hydrogen-bond donors (Lipinski definition) is 1. The summed E-state index contributed by atoms with van der Waals surface area (Å²) in [5.74, 6) is -3.05. The molecular weight excluding hydrogens is 464 g/mol. The molecule has 1 spiro atoms. The van der Waals surface area contributed by atoms with Gasteiger partial charge in [0.2, 0.25) is 11.8 Å². The van der Waals surface area contributed by atoms with Gasteiger partial charge >= 0.3 is 0 Å². The van der Waals surface area contributed by atoms with Crippen LogP contribution in [-0.4, -0.2) is 47.2 Å². The first-order chi connectivity index (χ1) is 16.3. The number of methoxy groups -OCH3 is 1. The van der Waals surface area contributed by atoms with Crippen LogP contribution in [0.4, 0.5) is 17.1 Å². The van der Waals surface area contributed by atoms with E-state index in [1.54, 1.807) is 18.2 Å². The fourth-order valence-corrected chi connectivity index (χ4v) is 6.62. The lowest BCUT2D eigenvalue weighted by Crippen LogP contribution is -2.54. The summed E-state index contributed by atoms with van der Waals surface area (Å²) in [7, 11) is 1.36. The van der Waals surface area contributed by atoms with Gasteiger partial charge in [-0.25, -0.2) is 4.90 Å². The number of ether oxygens (including phenoxy) is 1. The Morgan fingerprint density at radius 2 is 2.00 bits per heavy atom. The topological polar surface area (TPSA) is 122 Å². The predicted octanol–water partition coefficient (Wildman–Crippen LogP) is 2.69. The van der Waals surface area contributed by atoms with Crippen LogP contribution >= 0.6 is 11.6 Å². The molecule has 10 nitrogen and oxygen atoms in total. The van der Waals surface area contributed by atoms with Gasteiger partial charge in [-0.15, -0.1) is 0 Å². The van der Waals surface area contributed by atoms with Crippen molar-refractivity contribution >= 4 is 46.4 Å². The number of nitrogens with one attached hydrogen (secondary N) is 1. The first-order valence-corrected chi connectivity index (χ1v) is 11.3. The highest BCUT2D eigenvalue weighted by atomic mass is 35.5. The molecule has 3 fully saturated rings. The first kappa shape index (κ1) is 21.1. The summed E-state index contributed by atoms with van der Waals surface area (Å²) >= 11 is 6.38. The SMILES string of the molecule is COc1ccc([N+](=O)[O-])cc1N1C(=O)[C@H]2[C@@H](C1=O)[C@]1(C(=O)Nc3c(Cl)cccc31)N1CCC[C@@H]21. The maximum atomic E-state index is 14.0. The summed E-state index contributed by atoms with van der Waals surface area (Å²) < 4.78 is 5.33. The number of fused-ring (bicyclic) bond motifs is 7. The monoisotopic (exact) mass is 482 g/mol. The average Bonchev–Trinajstić information content (AvgIpc) is 3.52. The summed E-state index contributed by atoms with van der Waals surface area (Å²) in [5.41, 5.74) is -0.612. The molecule has 1 N–H and O–H groups in total. The van der Waals surface area contributed by atoms with Gasteiger partial charge in [-0.2, -0.15) is 0 Å². The van der Waals surface area contributed by atoms with E-state index in [2.05, 4.69) is 5.32 Å². The van der Waals surface area contributed by atoms with Crippen molar-refractivity contribution < 1.29 is 24.0 Å². The van der Waals surface area contributed by atoms with Gasteiger partial charge in [-0.3, -0.25) is 29.4 Å². The molecule has 2 aromatic rings. The van der Waals surface area contributed by atoms with Gasteiger partial charge in [0.15, 0.2) is 0 Å². The molecule has 0 aliphatic carbocycles. The van der Waals surface area contributed by atoms with Crippen LogP contribution in [-0.2, 0) is 19.9 Å². The van der Waals surface area contributed by atoms with Crippen LogP contribution in [0, 0.1) is 22.0 Å². The minimum Gasteiger partial charge on any atom is -0.495 e. The van der Waals surface area contributed by atoms with Gasteiger partial charge in [0.25, 0.3) is 11.6 Å². The molecule has 2 aromatic carbocycles. The number of non-ortho nitro benzene ring substituents is 1. The molecular formula is C23H19ClN4O6. The Labute approximate surface area is 198 Å². The number of rotatable bonds is 3. The number of imide groups is 1. The normalized spacial score (nSPS) is 29.4. The highest BCUT2D eigenvalue weighted by Crippen LogP contribution is 2.61. The molecule has 4 aliphatic heterocycles. The third kappa shape index (κ3) is 2.36. The molecule has 11 heteroatoms. The standard InChI is InChI=1S/C23H19ClN4O6/c1-34-16-8-7-11(28(32)33)10-15(16)27-20(29)17-14-6-3-9-26(14)23(18(17)21(27)30)12-4-2-5-13(24)19(12)25-22(23)31/h2,4-5,7-8,10,14,17-18H,3,6,9H2,1H3,(H,25,31)/t14-,17+,18-,23+/m0/s1. The summed E-state index contributed by atoms with van der Waals surface area (Å²) in [6.07, 6.45) is 1.44. The number of nitrogens with zero attached hydrogens (tertiary/aromatic N) is 3. The molecule has 0 aromatic heterocycles. The maximum Gasteiger partial charge on any atom is 0.271 e. The Morgan fingerprint density at radius 1 is 1.21 bits per heavy atom.